The summed E-state index contributed by atoms with van der Waals surface area (Å²) in [7, 11) is 0. The van der Waals surface area contributed by atoms with Gasteiger partial charge in [-0.1, -0.05) is 29.5 Å². The maximum atomic E-state index is 5.74. The topological polar surface area (TPSA) is 18.5 Å². The molecule has 82 valence electrons. The van der Waals surface area contributed by atoms with Crippen LogP contribution in [-0.4, -0.2) is 23.4 Å². The highest BCUT2D eigenvalue weighted by molar-refractivity contribution is 14.1. The molecule has 3 heteroatoms. The zero-order chi connectivity index (χ0) is 10.1. The molecule has 0 radical (unpaired) electrons. The Kier molecular flexibility index (Phi) is 3.39. The van der Waals surface area contributed by atoms with Crippen LogP contribution in [0.25, 0.3) is 0 Å². The lowest BCUT2D eigenvalue weighted by Gasteiger charge is -2.42. The first-order chi connectivity index (χ1) is 6.74. The predicted molar refractivity (Wildman–Crippen MR) is 64.7 cm³/mol. The van der Waals surface area contributed by atoms with Gasteiger partial charge in [-0.2, -0.15) is 0 Å². The Morgan fingerprint density at radius 3 is 2.07 bits per heavy atom. The van der Waals surface area contributed by atoms with Crippen LogP contribution >= 0.6 is 22.6 Å². The van der Waals surface area contributed by atoms with Crippen molar-refractivity contribution in [2.75, 3.05) is 17.6 Å². The molecular weight excluding hydrogens is 291 g/mol. The maximum Gasteiger partial charge on any atom is 0.168 e. The van der Waals surface area contributed by atoms with Gasteiger partial charge in [-0.3, -0.25) is 0 Å². The van der Waals surface area contributed by atoms with E-state index in [2.05, 4.69) is 29.5 Å². The molecule has 1 spiro atoms. The van der Waals surface area contributed by atoms with E-state index >= 15 is 0 Å². The van der Waals surface area contributed by atoms with E-state index in [9.17, 15) is 0 Å². The molecule has 1 heterocycles. The molecule has 0 unspecified atom stereocenters. The highest BCUT2D eigenvalue weighted by Gasteiger charge is 2.44. The molecule has 0 amide bonds. The Hall–Kier alpha value is 0.650. The van der Waals surface area contributed by atoms with Gasteiger partial charge < -0.3 is 9.47 Å². The van der Waals surface area contributed by atoms with Gasteiger partial charge in [0.1, 0.15) is 0 Å². The summed E-state index contributed by atoms with van der Waals surface area (Å²) >= 11 is 2.53. The van der Waals surface area contributed by atoms with Gasteiger partial charge >= 0.3 is 0 Å². The fraction of sp³-hybridized carbons (Fsp3) is 1.00. The van der Waals surface area contributed by atoms with Crippen molar-refractivity contribution in [2.45, 2.75) is 44.8 Å². The molecule has 1 aliphatic carbocycles. The molecule has 2 nitrogen and oxygen atoms in total. The van der Waals surface area contributed by atoms with Crippen molar-refractivity contribution in [3.05, 3.63) is 0 Å². The normalized spacial score (nSPS) is 29.6. The Balaban J connectivity index is 1.96. The second kappa shape index (κ2) is 4.26. The average molecular weight is 310 g/mol. The van der Waals surface area contributed by atoms with Crippen LogP contribution in [0.15, 0.2) is 0 Å². The standard InChI is InChI=1S/C11H19IO2/c1-2-10(9-12)3-5-11(6-4-10)13-7-8-14-11/h2-9H2,1H3. The largest absolute Gasteiger partial charge is 0.348 e. The van der Waals surface area contributed by atoms with E-state index in [1.807, 2.05) is 0 Å². The summed E-state index contributed by atoms with van der Waals surface area (Å²) in [6.07, 6.45) is 6.04. The quantitative estimate of drug-likeness (QED) is 0.576. The highest BCUT2D eigenvalue weighted by atomic mass is 127. The summed E-state index contributed by atoms with van der Waals surface area (Å²) in [4.78, 5) is 0. The molecule has 0 aromatic heterocycles. The molecule has 0 aromatic rings. The highest BCUT2D eigenvalue weighted by Crippen LogP contribution is 2.47. The molecule has 14 heavy (non-hydrogen) atoms. The molecular formula is C11H19IO2. The molecule has 0 aromatic carbocycles. The Labute approximate surface area is 99.9 Å². The van der Waals surface area contributed by atoms with Crippen molar-refractivity contribution in [1.29, 1.82) is 0 Å². The van der Waals surface area contributed by atoms with E-state index in [-0.39, 0.29) is 5.79 Å². The zero-order valence-electron chi connectivity index (χ0n) is 8.85. The van der Waals surface area contributed by atoms with Crippen LogP contribution in [0.2, 0.25) is 0 Å². The number of alkyl halides is 1. The number of ether oxygens (including phenoxy) is 2. The smallest absolute Gasteiger partial charge is 0.168 e. The lowest BCUT2D eigenvalue weighted by atomic mass is 9.72. The fourth-order valence-corrected chi connectivity index (χ4v) is 3.83. The summed E-state index contributed by atoms with van der Waals surface area (Å²) in [5, 5.41) is 0. The first-order valence-electron chi connectivity index (χ1n) is 5.58. The van der Waals surface area contributed by atoms with Crippen molar-refractivity contribution in [3.63, 3.8) is 0 Å². The molecule has 0 N–H and O–H groups in total. The first kappa shape index (κ1) is 11.1. The fourth-order valence-electron chi connectivity index (χ4n) is 2.53. The Morgan fingerprint density at radius 1 is 1.07 bits per heavy atom. The number of hydrogen-bond donors (Lipinski definition) is 0. The number of halogens is 1. The van der Waals surface area contributed by atoms with Crippen molar-refractivity contribution >= 4 is 22.6 Å². The summed E-state index contributed by atoms with van der Waals surface area (Å²) in [5.41, 5.74) is 0.571. The molecule has 1 saturated carbocycles. The molecule has 1 saturated heterocycles. The van der Waals surface area contributed by atoms with Crippen LogP contribution in [0.3, 0.4) is 0 Å². The van der Waals surface area contributed by atoms with Crippen molar-refractivity contribution in [2.24, 2.45) is 5.41 Å². The van der Waals surface area contributed by atoms with Gasteiger partial charge in [0.2, 0.25) is 0 Å². The van der Waals surface area contributed by atoms with Crippen LogP contribution in [0, 0.1) is 5.41 Å². The molecule has 2 rings (SSSR count). The molecule has 0 atom stereocenters. The van der Waals surface area contributed by atoms with E-state index in [0.29, 0.717) is 5.41 Å². The summed E-state index contributed by atoms with van der Waals surface area (Å²) in [6, 6.07) is 0. The van der Waals surface area contributed by atoms with Gasteiger partial charge in [0.15, 0.2) is 5.79 Å². The third-order valence-electron chi connectivity index (χ3n) is 3.92. The van der Waals surface area contributed by atoms with Crippen molar-refractivity contribution in [1.82, 2.24) is 0 Å². The van der Waals surface area contributed by atoms with Crippen LogP contribution in [0.1, 0.15) is 39.0 Å². The minimum absolute atomic E-state index is 0.176. The molecule has 0 bridgehead atoms. The van der Waals surface area contributed by atoms with Gasteiger partial charge in [0, 0.05) is 17.3 Å². The van der Waals surface area contributed by atoms with Crippen LogP contribution in [0.5, 0.6) is 0 Å². The van der Waals surface area contributed by atoms with E-state index in [1.54, 1.807) is 0 Å². The van der Waals surface area contributed by atoms with E-state index in [1.165, 1.54) is 23.7 Å². The third-order valence-corrected chi connectivity index (χ3v) is 5.54. The minimum atomic E-state index is -0.176. The average Bonchev–Trinajstić information content (AvgIpc) is 2.69. The van der Waals surface area contributed by atoms with Crippen LogP contribution < -0.4 is 0 Å². The van der Waals surface area contributed by atoms with Gasteiger partial charge in [0.25, 0.3) is 0 Å². The van der Waals surface area contributed by atoms with Crippen molar-refractivity contribution < 1.29 is 9.47 Å². The van der Waals surface area contributed by atoms with E-state index in [0.717, 1.165) is 26.1 Å². The predicted octanol–water partition coefficient (Wildman–Crippen LogP) is 3.13. The Bertz CT molecular complexity index is 177. The van der Waals surface area contributed by atoms with Gasteiger partial charge in [-0.25, -0.2) is 0 Å². The molecule has 1 aliphatic heterocycles. The number of rotatable bonds is 2. The second-order valence-electron chi connectivity index (χ2n) is 4.59. The monoisotopic (exact) mass is 310 g/mol. The van der Waals surface area contributed by atoms with Crippen LogP contribution in [0.4, 0.5) is 0 Å². The summed E-state index contributed by atoms with van der Waals surface area (Å²) in [5.74, 6) is -0.176. The van der Waals surface area contributed by atoms with E-state index in [4.69, 9.17) is 9.47 Å². The summed E-state index contributed by atoms with van der Waals surface area (Å²) < 4.78 is 12.8. The lowest BCUT2D eigenvalue weighted by Crippen LogP contribution is -2.40. The first-order valence-corrected chi connectivity index (χ1v) is 7.11. The SMILES string of the molecule is CCC1(CI)CCC2(CC1)OCCO2. The minimum Gasteiger partial charge on any atom is -0.348 e. The van der Waals surface area contributed by atoms with Crippen molar-refractivity contribution in [3.8, 4) is 0 Å². The number of hydrogen-bond acceptors (Lipinski definition) is 2. The van der Waals surface area contributed by atoms with Gasteiger partial charge in [0.05, 0.1) is 13.2 Å². The maximum absolute atomic E-state index is 5.74. The van der Waals surface area contributed by atoms with Crippen LogP contribution in [-0.2, 0) is 9.47 Å². The Morgan fingerprint density at radius 2 is 1.64 bits per heavy atom. The van der Waals surface area contributed by atoms with Gasteiger partial charge in [-0.05, 0) is 24.7 Å². The third kappa shape index (κ3) is 1.95. The molecule has 2 aliphatic rings. The zero-order valence-corrected chi connectivity index (χ0v) is 11.0. The van der Waals surface area contributed by atoms with E-state index < -0.39 is 0 Å². The lowest BCUT2D eigenvalue weighted by molar-refractivity contribution is -0.189. The molecule has 2 fully saturated rings. The summed E-state index contributed by atoms with van der Waals surface area (Å²) in [6.45, 7) is 3.90. The van der Waals surface area contributed by atoms with Gasteiger partial charge in [-0.15, -0.1) is 0 Å². The second-order valence-corrected chi connectivity index (χ2v) is 5.36.